The van der Waals surface area contributed by atoms with Crippen LogP contribution in [0.2, 0.25) is 0 Å². The van der Waals surface area contributed by atoms with Gasteiger partial charge in [-0.1, -0.05) is 0 Å². The van der Waals surface area contributed by atoms with E-state index in [1.165, 1.54) is 0 Å². The number of allylic oxidation sites excluding steroid dienone is 1. The smallest absolute Gasteiger partial charge is 0.211 e. The summed E-state index contributed by atoms with van der Waals surface area (Å²) in [5.74, 6) is 0.263. The van der Waals surface area contributed by atoms with E-state index >= 15 is 0 Å². The van der Waals surface area contributed by atoms with Crippen molar-refractivity contribution in [3.8, 4) is 0 Å². The van der Waals surface area contributed by atoms with E-state index in [1.807, 2.05) is 13.1 Å². The highest BCUT2D eigenvalue weighted by atomic mass is 79.9. The van der Waals surface area contributed by atoms with Gasteiger partial charge in [-0.25, -0.2) is 0 Å². The third kappa shape index (κ3) is 1.11. The normalized spacial score (nSPS) is 18.7. The van der Waals surface area contributed by atoms with Crippen LogP contribution in [-0.4, -0.2) is 21.0 Å². The van der Waals surface area contributed by atoms with Crippen molar-refractivity contribution in [2.24, 2.45) is 0 Å². The molecule has 0 aromatic heterocycles. The summed E-state index contributed by atoms with van der Waals surface area (Å²) in [6.07, 6.45) is 3.58. The van der Waals surface area contributed by atoms with Crippen LogP contribution < -0.4 is 0 Å². The van der Waals surface area contributed by atoms with Gasteiger partial charge in [0.1, 0.15) is 0 Å². The molecule has 0 fully saturated rings. The van der Waals surface area contributed by atoms with Crippen LogP contribution in [0, 0.1) is 0 Å². The van der Waals surface area contributed by atoms with Crippen LogP contribution in [0.3, 0.4) is 0 Å². The average Bonchev–Trinajstić information content (AvgIpc) is 1.93. The summed E-state index contributed by atoms with van der Waals surface area (Å²) in [5, 5.41) is 9.30. The Labute approximate surface area is 68.6 Å². The number of rotatable bonds is 0. The molecule has 0 bridgehead atoms. The van der Waals surface area contributed by atoms with Gasteiger partial charge in [0.2, 0.25) is 5.88 Å². The van der Waals surface area contributed by atoms with Crippen molar-refractivity contribution in [2.75, 3.05) is 7.05 Å². The van der Waals surface area contributed by atoms with Crippen molar-refractivity contribution in [3.63, 3.8) is 0 Å². The molecule has 3 nitrogen and oxygen atoms in total. The summed E-state index contributed by atoms with van der Waals surface area (Å²) in [5.41, 5.74) is 0.782. The van der Waals surface area contributed by atoms with E-state index < -0.39 is 0 Å². The van der Waals surface area contributed by atoms with E-state index in [0.29, 0.717) is 0 Å². The molecule has 1 aliphatic heterocycles. The standard InChI is InChI=1S/C6H9BrN2O/c1-5-6(10)8(2)3-4-9(5)7/h3-4,10H,1-2H3. The van der Waals surface area contributed by atoms with Gasteiger partial charge >= 0.3 is 0 Å². The van der Waals surface area contributed by atoms with Crippen molar-refractivity contribution >= 4 is 16.1 Å². The molecular formula is C6H9BrN2O. The van der Waals surface area contributed by atoms with Crippen LogP contribution in [0.4, 0.5) is 0 Å². The van der Waals surface area contributed by atoms with Crippen LogP contribution in [0.15, 0.2) is 24.0 Å². The molecule has 1 rings (SSSR count). The summed E-state index contributed by atoms with van der Waals surface area (Å²) >= 11 is 3.22. The Morgan fingerprint density at radius 3 is 2.60 bits per heavy atom. The lowest BCUT2D eigenvalue weighted by molar-refractivity contribution is 0.259. The molecule has 0 saturated carbocycles. The molecule has 1 N–H and O–H groups in total. The highest BCUT2D eigenvalue weighted by Crippen LogP contribution is 2.19. The number of aliphatic hydroxyl groups is 1. The lowest BCUT2D eigenvalue weighted by atomic mass is 10.4. The molecule has 0 radical (unpaired) electrons. The lowest BCUT2D eigenvalue weighted by Crippen LogP contribution is -2.20. The lowest BCUT2D eigenvalue weighted by Gasteiger charge is -2.24. The number of aliphatic hydroxyl groups excluding tert-OH is 1. The third-order valence-corrected chi connectivity index (χ3v) is 2.17. The number of hydrogen-bond donors (Lipinski definition) is 1. The zero-order valence-electron chi connectivity index (χ0n) is 5.87. The van der Waals surface area contributed by atoms with Crippen LogP contribution in [-0.2, 0) is 0 Å². The van der Waals surface area contributed by atoms with Gasteiger partial charge in [0.25, 0.3) is 0 Å². The maximum absolute atomic E-state index is 9.30. The van der Waals surface area contributed by atoms with Gasteiger partial charge in [-0.3, -0.25) is 3.93 Å². The van der Waals surface area contributed by atoms with Crippen LogP contribution in [0.1, 0.15) is 6.92 Å². The largest absolute Gasteiger partial charge is 0.493 e. The summed E-state index contributed by atoms with van der Waals surface area (Å²) in [4.78, 5) is 1.65. The minimum atomic E-state index is 0.263. The zero-order valence-corrected chi connectivity index (χ0v) is 7.46. The fourth-order valence-corrected chi connectivity index (χ4v) is 0.956. The molecule has 1 aliphatic rings. The van der Waals surface area contributed by atoms with Crippen molar-refractivity contribution in [2.45, 2.75) is 6.92 Å². The molecule has 0 unspecified atom stereocenters. The van der Waals surface area contributed by atoms with Gasteiger partial charge < -0.3 is 10.0 Å². The van der Waals surface area contributed by atoms with Crippen LogP contribution in [0.25, 0.3) is 0 Å². The van der Waals surface area contributed by atoms with Gasteiger partial charge in [0.15, 0.2) is 0 Å². The quantitative estimate of drug-likeness (QED) is 0.610. The minimum Gasteiger partial charge on any atom is -0.493 e. The highest BCUT2D eigenvalue weighted by molar-refractivity contribution is 9.07. The second-order valence-electron chi connectivity index (χ2n) is 2.13. The molecule has 0 aromatic rings. The molecule has 0 spiro atoms. The maximum atomic E-state index is 9.30. The van der Waals surface area contributed by atoms with Gasteiger partial charge in [0.05, 0.1) is 21.8 Å². The predicted molar refractivity (Wildman–Crippen MR) is 43.0 cm³/mol. The minimum absolute atomic E-state index is 0.263. The SMILES string of the molecule is CC1=C(O)N(C)C=CN1Br. The Balaban J connectivity index is 2.88. The predicted octanol–water partition coefficient (Wildman–Crippen LogP) is 1.76. The van der Waals surface area contributed by atoms with Gasteiger partial charge in [-0.05, 0) is 6.92 Å². The number of hydrogen-bond acceptors (Lipinski definition) is 3. The van der Waals surface area contributed by atoms with Gasteiger partial charge in [-0.15, -0.1) is 0 Å². The van der Waals surface area contributed by atoms with E-state index in [1.54, 1.807) is 22.1 Å². The Kier molecular flexibility index (Phi) is 1.89. The topological polar surface area (TPSA) is 26.7 Å². The first-order valence-electron chi connectivity index (χ1n) is 2.89. The first kappa shape index (κ1) is 7.47. The first-order chi connectivity index (χ1) is 4.63. The van der Waals surface area contributed by atoms with Gasteiger partial charge in [-0.2, -0.15) is 0 Å². The number of nitrogens with zero attached hydrogens (tertiary/aromatic N) is 2. The summed E-state index contributed by atoms with van der Waals surface area (Å²) in [6.45, 7) is 1.82. The Bertz CT molecular complexity index is 180. The molecular weight excluding hydrogens is 196 g/mol. The average molecular weight is 205 g/mol. The van der Waals surface area contributed by atoms with E-state index in [-0.39, 0.29) is 5.88 Å². The second kappa shape index (κ2) is 2.54. The Morgan fingerprint density at radius 1 is 1.50 bits per heavy atom. The van der Waals surface area contributed by atoms with Crippen molar-refractivity contribution < 1.29 is 5.11 Å². The van der Waals surface area contributed by atoms with E-state index in [2.05, 4.69) is 16.1 Å². The molecule has 1 heterocycles. The zero-order chi connectivity index (χ0) is 7.72. The monoisotopic (exact) mass is 204 g/mol. The Morgan fingerprint density at radius 2 is 2.10 bits per heavy atom. The highest BCUT2D eigenvalue weighted by Gasteiger charge is 2.12. The fourth-order valence-electron chi connectivity index (χ4n) is 0.692. The second-order valence-corrected chi connectivity index (χ2v) is 2.89. The van der Waals surface area contributed by atoms with Crippen molar-refractivity contribution in [3.05, 3.63) is 24.0 Å². The van der Waals surface area contributed by atoms with E-state index in [0.717, 1.165) is 5.70 Å². The fraction of sp³-hybridized carbons (Fsp3) is 0.333. The first-order valence-corrected chi connectivity index (χ1v) is 3.60. The summed E-state index contributed by atoms with van der Waals surface area (Å²) in [6, 6.07) is 0. The maximum Gasteiger partial charge on any atom is 0.211 e. The molecule has 4 heteroatoms. The summed E-state index contributed by atoms with van der Waals surface area (Å²) in [7, 11) is 1.79. The van der Waals surface area contributed by atoms with Crippen molar-refractivity contribution in [1.29, 1.82) is 0 Å². The van der Waals surface area contributed by atoms with E-state index in [9.17, 15) is 5.11 Å². The van der Waals surface area contributed by atoms with Gasteiger partial charge in [0, 0.05) is 19.4 Å². The Hall–Kier alpha value is -0.640. The van der Waals surface area contributed by atoms with Crippen LogP contribution in [0.5, 0.6) is 0 Å². The molecule has 10 heavy (non-hydrogen) atoms. The molecule has 0 amide bonds. The molecule has 0 atom stereocenters. The number of halogens is 1. The summed E-state index contributed by atoms with van der Waals surface area (Å²) < 4.78 is 1.68. The van der Waals surface area contributed by atoms with Crippen LogP contribution >= 0.6 is 16.1 Å². The third-order valence-electron chi connectivity index (χ3n) is 1.40. The molecule has 0 aliphatic carbocycles. The van der Waals surface area contributed by atoms with E-state index in [4.69, 9.17) is 0 Å². The molecule has 56 valence electrons. The molecule has 0 saturated heterocycles. The van der Waals surface area contributed by atoms with Crippen molar-refractivity contribution in [1.82, 2.24) is 8.83 Å². The molecule has 0 aromatic carbocycles.